The van der Waals surface area contributed by atoms with Crippen LogP contribution < -0.4 is 25.7 Å². The third-order valence-electron chi connectivity index (χ3n) is 6.40. The molecule has 0 bridgehead atoms. The van der Waals surface area contributed by atoms with Gasteiger partial charge in [-0.3, -0.25) is 14.2 Å². The Morgan fingerprint density at radius 3 is 2.19 bits per heavy atom. The number of halogens is 1. The number of hydrogen-bond acceptors (Lipinski definition) is 5. The molecule has 0 unspecified atom stereocenters. The minimum atomic E-state index is -0.511. The molecule has 0 aliphatic carbocycles. The second-order valence-electron chi connectivity index (χ2n) is 9.07. The Kier molecular flexibility index (Phi) is 12.8. The SMILES string of the molecule is CC.CC.COc1ccc(CNC(=O)c2c(Oc3cccc(C)c3C)cc(=O)n(C)c2Nc2ccc(C)cc2F)cc1. The van der Waals surface area contributed by atoms with Crippen LogP contribution in [-0.4, -0.2) is 17.6 Å². The topological polar surface area (TPSA) is 81.6 Å². The molecular formula is C34H42FN3O4. The first kappa shape index (κ1) is 33.6. The van der Waals surface area contributed by atoms with Gasteiger partial charge in [0.2, 0.25) is 0 Å². The Hall–Kier alpha value is -4.59. The van der Waals surface area contributed by atoms with Crippen LogP contribution in [0.5, 0.6) is 17.2 Å². The monoisotopic (exact) mass is 575 g/mol. The average molecular weight is 576 g/mol. The number of hydrogen-bond donors (Lipinski definition) is 2. The summed E-state index contributed by atoms with van der Waals surface area (Å²) in [6.07, 6.45) is 0. The van der Waals surface area contributed by atoms with Gasteiger partial charge in [0.15, 0.2) is 0 Å². The Morgan fingerprint density at radius 1 is 0.905 bits per heavy atom. The van der Waals surface area contributed by atoms with E-state index in [0.29, 0.717) is 11.5 Å². The van der Waals surface area contributed by atoms with Gasteiger partial charge in [-0.1, -0.05) is 58.0 Å². The normalized spacial score (nSPS) is 9.95. The minimum absolute atomic E-state index is 0.0593. The molecule has 1 amide bonds. The predicted octanol–water partition coefficient (Wildman–Crippen LogP) is 7.98. The number of methoxy groups -OCH3 is 1. The lowest BCUT2D eigenvalue weighted by molar-refractivity contribution is 0.0948. The van der Waals surface area contributed by atoms with Gasteiger partial charge >= 0.3 is 0 Å². The lowest BCUT2D eigenvalue weighted by Gasteiger charge is -2.20. The van der Waals surface area contributed by atoms with Gasteiger partial charge in [-0.05, 0) is 73.4 Å². The average Bonchev–Trinajstić information content (AvgIpc) is 3.00. The third-order valence-corrected chi connectivity index (χ3v) is 6.40. The number of amides is 1. The molecule has 0 fully saturated rings. The van der Waals surface area contributed by atoms with Crippen LogP contribution in [0.4, 0.5) is 15.9 Å². The van der Waals surface area contributed by atoms with E-state index in [9.17, 15) is 14.0 Å². The molecule has 4 rings (SSSR count). The molecule has 7 nitrogen and oxygen atoms in total. The lowest BCUT2D eigenvalue weighted by atomic mass is 10.1. The second-order valence-corrected chi connectivity index (χ2v) is 9.07. The quantitative estimate of drug-likeness (QED) is 0.223. The second kappa shape index (κ2) is 16.0. The molecule has 42 heavy (non-hydrogen) atoms. The molecule has 8 heteroatoms. The van der Waals surface area contributed by atoms with E-state index in [1.54, 1.807) is 44.4 Å². The van der Waals surface area contributed by atoms with E-state index >= 15 is 0 Å². The van der Waals surface area contributed by atoms with Crippen molar-refractivity contribution >= 4 is 17.4 Å². The summed E-state index contributed by atoms with van der Waals surface area (Å²) < 4.78 is 27.4. The van der Waals surface area contributed by atoms with Crippen LogP contribution in [-0.2, 0) is 13.6 Å². The smallest absolute Gasteiger partial charge is 0.259 e. The third kappa shape index (κ3) is 8.22. The number of carbonyl (C=O) groups is 1. The van der Waals surface area contributed by atoms with Gasteiger partial charge in [0.1, 0.15) is 34.4 Å². The lowest BCUT2D eigenvalue weighted by Crippen LogP contribution is -2.29. The largest absolute Gasteiger partial charge is 0.497 e. The van der Waals surface area contributed by atoms with Crippen molar-refractivity contribution in [3.8, 4) is 17.2 Å². The molecule has 4 aromatic rings. The number of ether oxygens (including phenoxy) is 2. The molecule has 0 saturated carbocycles. The fourth-order valence-corrected chi connectivity index (χ4v) is 3.94. The standard InChI is InChI=1S/C30H30FN3O4.2C2H6/c1-18-9-14-24(23(31)15-18)33-29-28(30(36)32-17-21-10-12-22(37-5)13-11-21)26(16-27(35)34(29)4)38-25-8-6-7-19(2)20(25)3;2*1-2/h6-16,33H,17H2,1-5H3,(H,32,36);2*1-2H3. The van der Waals surface area contributed by atoms with Crippen molar-refractivity contribution in [1.82, 2.24) is 9.88 Å². The number of anilines is 2. The zero-order valence-corrected chi connectivity index (χ0v) is 26.0. The van der Waals surface area contributed by atoms with Crippen LogP contribution in [0.15, 0.2) is 71.5 Å². The van der Waals surface area contributed by atoms with Gasteiger partial charge in [0.25, 0.3) is 11.5 Å². The number of aromatic nitrogens is 1. The van der Waals surface area contributed by atoms with Crippen LogP contribution >= 0.6 is 0 Å². The summed E-state index contributed by atoms with van der Waals surface area (Å²) in [4.78, 5) is 26.6. The first-order chi connectivity index (χ1) is 20.2. The molecular weight excluding hydrogens is 533 g/mol. The van der Waals surface area contributed by atoms with E-state index in [4.69, 9.17) is 9.47 Å². The van der Waals surface area contributed by atoms with E-state index in [1.165, 1.54) is 23.7 Å². The number of pyridine rings is 1. The van der Waals surface area contributed by atoms with Gasteiger partial charge in [0, 0.05) is 19.7 Å². The molecule has 0 radical (unpaired) electrons. The van der Waals surface area contributed by atoms with E-state index in [0.717, 1.165) is 22.3 Å². The van der Waals surface area contributed by atoms with Gasteiger partial charge < -0.3 is 20.1 Å². The summed E-state index contributed by atoms with van der Waals surface area (Å²) in [5, 5.41) is 5.85. The van der Waals surface area contributed by atoms with Crippen molar-refractivity contribution in [3.05, 3.63) is 111 Å². The highest BCUT2D eigenvalue weighted by Crippen LogP contribution is 2.33. The maximum atomic E-state index is 14.8. The van der Waals surface area contributed by atoms with Gasteiger partial charge in [-0.15, -0.1) is 0 Å². The Bertz CT molecular complexity index is 1550. The van der Waals surface area contributed by atoms with Crippen molar-refractivity contribution in [1.29, 1.82) is 0 Å². The molecule has 0 atom stereocenters. The molecule has 1 aromatic heterocycles. The summed E-state index contributed by atoms with van der Waals surface area (Å²) >= 11 is 0. The zero-order valence-electron chi connectivity index (χ0n) is 26.0. The van der Waals surface area contributed by atoms with Gasteiger partial charge in [-0.25, -0.2) is 4.39 Å². The Morgan fingerprint density at radius 2 is 1.57 bits per heavy atom. The summed E-state index contributed by atoms with van der Waals surface area (Å²) in [5.41, 5.74) is 3.23. The van der Waals surface area contributed by atoms with E-state index < -0.39 is 17.3 Å². The van der Waals surface area contributed by atoms with Crippen LogP contribution in [0.1, 0.15) is 60.3 Å². The Labute approximate surface area is 248 Å². The first-order valence-electron chi connectivity index (χ1n) is 14.1. The van der Waals surface area contributed by atoms with Crippen LogP contribution in [0.2, 0.25) is 0 Å². The summed E-state index contributed by atoms with van der Waals surface area (Å²) in [7, 11) is 3.10. The fraction of sp³-hybridized carbons (Fsp3) is 0.294. The van der Waals surface area contributed by atoms with E-state index in [2.05, 4.69) is 10.6 Å². The van der Waals surface area contributed by atoms with Crippen LogP contribution in [0.25, 0.3) is 0 Å². The number of benzene rings is 3. The molecule has 2 N–H and O–H groups in total. The highest BCUT2D eigenvalue weighted by atomic mass is 19.1. The minimum Gasteiger partial charge on any atom is -0.497 e. The van der Waals surface area contributed by atoms with Crippen molar-refractivity contribution in [2.24, 2.45) is 7.05 Å². The summed E-state index contributed by atoms with van der Waals surface area (Å²) in [6.45, 7) is 13.8. The molecule has 0 saturated heterocycles. The summed E-state index contributed by atoms with van der Waals surface area (Å²) in [5.74, 6) is 0.371. The highest BCUT2D eigenvalue weighted by Gasteiger charge is 2.24. The number of nitrogens with one attached hydrogen (secondary N) is 2. The zero-order chi connectivity index (χ0) is 31.4. The van der Waals surface area contributed by atoms with Gasteiger partial charge in [0.05, 0.1) is 12.8 Å². The van der Waals surface area contributed by atoms with Crippen LogP contribution in [0, 0.1) is 26.6 Å². The number of aryl methyl sites for hydroxylation is 2. The van der Waals surface area contributed by atoms with E-state index in [1.807, 2.05) is 65.8 Å². The molecule has 1 heterocycles. The predicted molar refractivity (Wildman–Crippen MR) is 169 cm³/mol. The summed E-state index contributed by atoms with van der Waals surface area (Å²) in [6, 6.07) is 18.8. The number of carbonyl (C=O) groups excluding carboxylic acids is 1. The Balaban J connectivity index is 0.00000148. The number of rotatable bonds is 8. The van der Waals surface area contributed by atoms with Crippen molar-refractivity contribution in [3.63, 3.8) is 0 Å². The van der Waals surface area contributed by atoms with Crippen molar-refractivity contribution < 1.29 is 18.7 Å². The maximum absolute atomic E-state index is 14.8. The molecule has 0 aliphatic rings. The van der Waals surface area contributed by atoms with Crippen molar-refractivity contribution in [2.45, 2.75) is 55.0 Å². The molecule has 0 aliphatic heterocycles. The molecule has 0 spiro atoms. The highest BCUT2D eigenvalue weighted by molar-refractivity contribution is 6.02. The maximum Gasteiger partial charge on any atom is 0.259 e. The molecule has 3 aromatic carbocycles. The first-order valence-corrected chi connectivity index (χ1v) is 14.1. The van der Waals surface area contributed by atoms with Gasteiger partial charge in [-0.2, -0.15) is 0 Å². The fourth-order valence-electron chi connectivity index (χ4n) is 3.94. The van der Waals surface area contributed by atoms with Crippen LogP contribution in [0.3, 0.4) is 0 Å². The number of nitrogens with zero attached hydrogens (tertiary/aromatic N) is 1. The van der Waals surface area contributed by atoms with Crippen molar-refractivity contribution in [2.75, 3.05) is 12.4 Å². The molecule has 224 valence electrons. The van der Waals surface area contributed by atoms with E-state index in [-0.39, 0.29) is 29.4 Å².